The van der Waals surface area contributed by atoms with Gasteiger partial charge in [-0.25, -0.2) is 0 Å². The van der Waals surface area contributed by atoms with Crippen LogP contribution in [0.4, 0.5) is 0 Å². The maximum Gasteiger partial charge on any atom is 0.233 e. The minimum Gasteiger partial charge on any atom is -0.340 e. The maximum atomic E-state index is 12.6. The summed E-state index contributed by atoms with van der Waals surface area (Å²) in [4.78, 5) is 41.0. The first-order valence-electron chi connectivity index (χ1n) is 9.78. The molecule has 1 saturated heterocycles. The largest absolute Gasteiger partial charge is 0.340 e. The summed E-state index contributed by atoms with van der Waals surface area (Å²) < 4.78 is 0. The van der Waals surface area contributed by atoms with Crippen LogP contribution in [-0.4, -0.2) is 46.7 Å². The van der Waals surface area contributed by atoms with E-state index in [1.807, 2.05) is 11.8 Å². The van der Waals surface area contributed by atoms with Crippen LogP contribution in [0.1, 0.15) is 71.1 Å². The Morgan fingerprint density at radius 2 is 1.50 bits per heavy atom. The Morgan fingerprint density at radius 1 is 0.958 bits per heavy atom. The number of hydrogen-bond acceptors (Lipinski definition) is 3. The van der Waals surface area contributed by atoms with Crippen molar-refractivity contribution >= 4 is 17.7 Å². The van der Waals surface area contributed by atoms with Crippen LogP contribution in [0.5, 0.6) is 0 Å². The van der Waals surface area contributed by atoms with Crippen molar-refractivity contribution in [2.45, 2.75) is 77.2 Å². The smallest absolute Gasteiger partial charge is 0.233 e. The van der Waals surface area contributed by atoms with Crippen LogP contribution in [-0.2, 0) is 14.4 Å². The van der Waals surface area contributed by atoms with E-state index in [9.17, 15) is 14.4 Å². The molecular weight excluding hydrogens is 304 g/mol. The third-order valence-corrected chi connectivity index (χ3v) is 6.16. The molecule has 3 rings (SSSR count). The lowest BCUT2D eigenvalue weighted by Crippen LogP contribution is -2.43. The van der Waals surface area contributed by atoms with Crippen LogP contribution < -0.4 is 0 Å². The summed E-state index contributed by atoms with van der Waals surface area (Å²) in [5.41, 5.74) is 0. The number of likely N-dealkylation sites (tertiary alicyclic amines) is 1. The van der Waals surface area contributed by atoms with Crippen LogP contribution in [0, 0.1) is 11.8 Å². The molecule has 3 aliphatic rings. The second-order valence-corrected chi connectivity index (χ2v) is 7.55. The van der Waals surface area contributed by atoms with E-state index in [2.05, 4.69) is 0 Å². The van der Waals surface area contributed by atoms with Crippen molar-refractivity contribution < 1.29 is 14.4 Å². The summed E-state index contributed by atoms with van der Waals surface area (Å²) >= 11 is 0. The zero-order valence-corrected chi connectivity index (χ0v) is 14.8. The zero-order chi connectivity index (χ0) is 17.1. The fourth-order valence-corrected chi connectivity index (χ4v) is 4.83. The maximum absolute atomic E-state index is 12.6. The number of carbonyl (C=O) groups excluding carboxylic acids is 3. The first-order chi connectivity index (χ1) is 11.6. The van der Waals surface area contributed by atoms with Crippen molar-refractivity contribution in [2.24, 2.45) is 11.8 Å². The molecule has 2 atom stereocenters. The van der Waals surface area contributed by atoms with E-state index in [1.165, 1.54) is 24.2 Å². The second kappa shape index (κ2) is 7.66. The number of carbonyl (C=O) groups is 3. The van der Waals surface area contributed by atoms with Gasteiger partial charge in [0.2, 0.25) is 17.7 Å². The molecule has 0 aromatic rings. The minimum atomic E-state index is -0.109. The van der Waals surface area contributed by atoms with E-state index in [1.54, 1.807) is 0 Å². The predicted molar refractivity (Wildman–Crippen MR) is 91.0 cm³/mol. The lowest BCUT2D eigenvalue weighted by molar-refractivity contribution is -0.141. The lowest BCUT2D eigenvalue weighted by Gasteiger charge is -2.34. The molecule has 3 fully saturated rings. The van der Waals surface area contributed by atoms with Crippen molar-refractivity contribution in [2.75, 3.05) is 13.1 Å². The molecule has 0 spiro atoms. The Bertz CT molecular complexity index is 475. The molecule has 3 amide bonds. The average molecular weight is 334 g/mol. The molecule has 0 aromatic heterocycles. The highest BCUT2D eigenvalue weighted by Gasteiger charge is 2.47. The van der Waals surface area contributed by atoms with Gasteiger partial charge in [-0.1, -0.05) is 32.1 Å². The molecule has 0 N–H and O–H groups in total. The van der Waals surface area contributed by atoms with Crippen molar-refractivity contribution in [3.8, 4) is 0 Å². The Balaban J connectivity index is 1.57. The molecule has 134 valence electrons. The van der Waals surface area contributed by atoms with E-state index in [-0.39, 0.29) is 42.5 Å². The normalized spacial score (nSPS) is 28.1. The molecular formula is C19H30N2O3. The summed E-state index contributed by atoms with van der Waals surface area (Å²) in [6.07, 6.45) is 9.86. The number of hydrogen-bond donors (Lipinski definition) is 0. The molecule has 5 nitrogen and oxygen atoms in total. The van der Waals surface area contributed by atoms with Crippen LogP contribution >= 0.6 is 0 Å². The number of amides is 3. The molecule has 24 heavy (non-hydrogen) atoms. The van der Waals surface area contributed by atoms with Gasteiger partial charge in [-0.3, -0.25) is 19.3 Å². The number of fused-ring (bicyclic) bond motifs is 1. The Kier molecular flexibility index (Phi) is 5.57. The predicted octanol–water partition coefficient (Wildman–Crippen LogP) is 2.73. The number of rotatable bonds is 5. The first-order valence-corrected chi connectivity index (χ1v) is 9.78. The SMILES string of the molecule is CCN(C(=O)CCN1C(=O)C2CCCCC2C1=O)C1CCCCC1. The van der Waals surface area contributed by atoms with Gasteiger partial charge in [0.05, 0.1) is 11.8 Å². The topological polar surface area (TPSA) is 57.7 Å². The van der Waals surface area contributed by atoms with Gasteiger partial charge in [0, 0.05) is 25.6 Å². The Hall–Kier alpha value is -1.39. The molecule has 2 aliphatic carbocycles. The highest BCUT2D eigenvalue weighted by atomic mass is 16.2. The molecule has 2 saturated carbocycles. The summed E-state index contributed by atoms with van der Waals surface area (Å²) in [6.45, 7) is 3.01. The summed E-state index contributed by atoms with van der Waals surface area (Å²) in [7, 11) is 0. The number of nitrogens with zero attached hydrogens (tertiary/aromatic N) is 2. The standard InChI is InChI=1S/C19H30N2O3/c1-2-20(14-8-4-3-5-9-14)17(22)12-13-21-18(23)15-10-6-7-11-16(15)19(21)24/h14-16H,2-13H2,1H3. The van der Waals surface area contributed by atoms with Gasteiger partial charge in [-0.05, 0) is 32.6 Å². The zero-order valence-electron chi connectivity index (χ0n) is 14.8. The first kappa shape index (κ1) is 17.4. The van der Waals surface area contributed by atoms with Crippen molar-refractivity contribution in [1.82, 2.24) is 9.80 Å². The second-order valence-electron chi connectivity index (χ2n) is 7.55. The van der Waals surface area contributed by atoms with Gasteiger partial charge < -0.3 is 4.90 Å². The van der Waals surface area contributed by atoms with E-state index >= 15 is 0 Å². The Labute approximate surface area is 144 Å². The monoisotopic (exact) mass is 334 g/mol. The van der Waals surface area contributed by atoms with Crippen molar-refractivity contribution in [3.63, 3.8) is 0 Å². The Morgan fingerprint density at radius 3 is 2.04 bits per heavy atom. The van der Waals surface area contributed by atoms with Crippen LogP contribution in [0.15, 0.2) is 0 Å². The fourth-order valence-electron chi connectivity index (χ4n) is 4.83. The van der Waals surface area contributed by atoms with Gasteiger partial charge in [-0.2, -0.15) is 0 Å². The van der Waals surface area contributed by atoms with E-state index in [4.69, 9.17) is 0 Å². The van der Waals surface area contributed by atoms with Gasteiger partial charge in [-0.15, -0.1) is 0 Å². The third kappa shape index (κ3) is 3.35. The average Bonchev–Trinajstić information content (AvgIpc) is 2.86. The highest BCUT2D eigenvalue weighted by molar-refractivity contribution is 6.05. The molecule has 1 aliphatic heterocycles. The van der Waals surface area contributed by atoms with E-state index < -0.39 is 0 Å². The van der Waals surface area contributed by atoms with Gasteiger partial charge in [0.15, 0.2) is 0 Å². The van der Waals surface area contributed by atoms with E-state index in [0.29, 0.717) is 6.04 Å². The summed E-state index contributed by atoms with van der Waals surface area (Å²) in [5, 5.41) is 0. The van der Waals surface area contributed by atoms with Gasteiger partial charge in [0.1, 0.15) is 0 Å². The fraction of sp³-hybridized carbons (Fsp3) is 0.842. The van der Waals surface area contributed by atoms with Gasteiger partial charge in [0.25, 0.3) is 0 Å². The highest BCUT2D eigenvalue weighted by Crippen LogP contribution is 2.38. The summed E-state index contributed by atoms with van der Waals surface area (Å²) in [6, 6.07) is 0.351. The third-order valence-electron chi connectivity index (χ3n) is 6.16. The summed E-state index contributed by atoms with van der Waals surface area (Å²) in [5.74, 6) is -0.180. The minimum absolute atomic E-state index is 0.0294. The van der Waals surface area contributed by atoms with Crippen LogP contribution in [0.3, 0.4) is 0 Å². The number of imide groups is 1. The quantitative estimate of drug-likeness (QED) is 0.726. The molecule has 2 unspecified atom stereocenters. The van der Waals surface area contributed by atoms with Crippen LogP contribution in [0.2, 0.25) is 0 Å². The molecule has 0 bridgehead atoms. The lowest BCUT2D eigenvalue weighted by atomic mass is 9.81. The molecule has 0 radical (unpaired) electrons. The van der Waals surface area contributed by atoms with Crippen molar-refractivity contribution in [3.05, 3.63) is 0 Å². The van der Waals surface area contributed by atoms with Gasteiger partial charge >= 0.3 is 0 Å². The molecule has 5 heteroatoms. The van der Waals surface area contributed by atoms with Crippen LogP contribution in [0.25, 0.3) is 0 Å². The van der Waals surface area contributed by atoms with Crippen molar-refractivity contribution in [1.29, 1.82) is 0 Å². The molecule has 0 aromatic carbocycles. The van der Waals surface area contributed by atoms with E-state index in [0.717, 1.165) is 45.1 Å². The molecule has 1 heterocycles.